The molecule has 1 heterocycles. The Kier molecular flexibility index (Phi) is 3.88. The Hall–Kier alpha value is -1.84. The van der Waals surface area contributed by atoms with E-state index in [0.29, 0.717) is 10.6 Å². The van der Waals surface area contributed by atoms with Crippen LogP contribution in [0.15, 0.2) is 57.3 Å². The molecule has 19 heavy (non-hydrogen) atoms. The number of hydrogen-bond donors (Lipinski definition) is 0. The van der Waals surface area contributed by atoms with E-state index in [0.717, 1.165) is 9.79 Å². The molecule has 0 unspecified atom stereocenters. The summed E-state index contributed by atoms with van der Waals surface area (Å²) < 4.78 is 22.7. The van der Waals surface area contributed by atoms with E-state index in [-0.39, 0.29) is 0 Å². The van der Waals surface area contributed by atoms with Crippen molar-refractivity contribution in [2.24, 2.45) is 0 Å². The zero-order chi connectivity index (χ0) is 13.9. The molecule has 0 bridgehead atoms. The number of nitrogens with zero attached hydrogens (tertiary/aromatic N) is 2. The van der Waals surface area contributed by atoms with Crippen molar-refractivity contribution in [3.8, 4) is 6.07 Å². The minimum atomic E-state index is -3.17. The molecule has 0 aliphatic rings. The lowest BCUT2D eigenvalue weighted by Crippen LogP contribution is -1.95. The van der Waals surface area contributed by atoms with E-state index < -0.39 is 9.84 Å². The zero-order valence-electron chi connectivity index (χ0n) is 10.1. The van der Waals surface area contributed by atoms with Gasteiger partial charge in [0.05, 0.1) is 4.90 Å². The largest absolute Gasteiger partial charge is 0.245 e. The molecule has 0 saturated heterocycles. The molecule has 6 heteroatoms. The number of nitriles is 1. The van der Waals surface area contributed by atoms with Gasteiger partial charge in [0.2, 0.25) is 0 Å². The third-order valence-electron chi connectivity index (χ3n) is 2.33. The summed E-state index contributed by atoms with van der Waals surface area (Å²) in [6, 6.07) is 12.1. The van der Waals surface area contributed by atoms with Gasteiger partial charge in [0.15, 0.2) is 9.84 Å². The van der Waals surface area contributed by atoms with Crippen LogP contribution in [-0.2, 0) is 9.84 Å². The Morgan fingerprint density at radius 1 is 1.16 bits per heavy atom. The number of aromatic nitrogens is 1. The fourth-order valence-corrected chi connectivity index (χ4v) is 2.90. The topological polar surface area (TPSA) is 70.8 Å². The monoisotopic (exact) mass is 290 g/mol. The standard InChI is InChI=1S/C13H10N2O2S2/c1-19(16,17)13-4-2-11(3-5-13)18-12-6-7-15-10(8-12)9-14/h2-8H,1H3. The zero-order valence-corrected chi connectivity index (χ0v) is 11.7. The Labute approximate surface area is 116 Å². The first-order valence-electron chi connectivity index (χ1n) is 5.33. The second-order valence-corrected chi connectivity index (χ2v) is 7.00. The van der Waals surface area contributed by atoms with Crippen LogP contribution in [-0.4, -0.2) is 19.7 Å². The SMILES string of the molecule is CS(=O)(=O)c1ccc(Sc2ccnc(C#N)c2)cc1. The van der Waals surface area contributed by atoms with Gasteiger partial charge < -0.3 is 0 Å². The number of hydrogen-bond acceptors (Lipinski definition) is 5. The molecule has 0 amide bonds. The van der Waals surface area contributed by atoms with Gasteiger partial charge in [-0.15, -0.1) is 0 Å². The molecular weight excluding hydrogens is 280 g/mol. The summed E-state index contributed by atoms with van der Waals surface area (Å²) >= 11 is 1.45. The molecule has 2 aromatic rings. The average Bonchev–Trinajstić information content (AvgIpc) is 2.38. The van der Waals surface area contributed by atoms with Crippen LogP contribution in [0.2, 0.25) is 0 Å². The van der Waals surface area contributed by atoms with Crippen LogP contribution in [0, 0.1) is 11.3 Å². The van der Waals surface area contributed by atoms with Gasteiger partial charge in [-0.05, 0) is 36.4 Å². The predicted molar refractivity (Wildman–Crippen MR) is 72.6 cm³/mol. The summed E-state index contributed by atoms with van der Waals surface area (Å²) in [5.74, 6) is 0. The van der Waals surface area contributed by atoms with E-state index in [1.54, 1.807) is 42.6 Å². The molecule has 1 aromatic heterocycles. The maximum Gasteiger partial charge on any atom is 0.175 e. The summed E-state index contributed by atoms with van der Waals surface area (Å²) in [5, 5.41) is 8.77. The van der Waals surface area contributed by atoms with Gasteiger partial charge in [0, 0.05) is 22.2 Å². The van der Waals surface area contributed by atoms with Crippen LogP contribution in [0.3, 0.4) is 0 Å². The summed E-state index contributed by atoms with van der Waals surface area (Å²) in [6.07, 6.45) is 2.75. The first kappa shape index (κ1) is 13.6. The first-order valence-corrected chi connectivity index (χ1v) is 8.04. The normalized spacial score (nSPS) is 10.9. The highest BCUT2D eigenvalue weighted by Crippen LogP contribution is 2.28. The van der Waals surface area contributed by atoms with Gasteiger partial charge in [-0.2, -0.15) is 5.26 Å². The van der Waals surface area contributed by atoms with Crippen molar-refractivity contribution < 1.29 is 8.42 Å². The number of sulfone groups is 1. The maximum atomic E-state index is 11.3. The highest BCUT2D eigenvalue weighted by atomic mass is 32.2. The van der Waals surface area contributed by atoms with Crippen molar-refractivity contribution >= 4 is 21.6 Å². The van der Waals surface area contributed by atoms with Crippen molar-refractivity contribution in [1.82, 2.24) is 4.98 Å². The molecule has 0 saturated carbocycles. The first-order chi connectivity index (χ1) is 8.99. The second kappa shape index (κ2) is 5.43. The summed E-state index contributed by atoms with van der Waals surface area (Å²) in [6.45, 7) is 0. The number of rotatable bonds is 3. The van der Waals surface area contributed by atoms with Crippen LogP contribution in [0.1, 0.15) is 5.69 Å². The van der Waals surface area contributed by atoms with E-state index in [9.17, 15) is 8.42 Å². The highest BCUT2D eigenvalue weighted by Gasteiger charge is 2.06. The molecule has 0 atom stereocenters. The molecule has 0 N–H and O–H groups in total. The Morgan fingerprint density at radius 3 is 2.42 bits per heavy atom. The quantitative estimate of drug-likeness (QED) is 0.868. The van der Waals surface area contributed by atoms with Gasteiger partial charge >= 0.3 is 0 Å². The number of pyridine rings is 1. The summed E-state index contributed by atoms with van der Waals surface area (Å²) in [7, 11) is -3.17. The second-order valence-electron chi connectivity index (χ2n) is 3.83. The molecule has 1 aromatic carbocycles. The van der Waals surface area contributed by atoms with E-state index in [1.807, 2.05) is 6.07 Å². The molecular formula is C13H10N2O2S2. The fourth-order valence-electron chi connectivity index (χ4n) is 1.43. The third-order valence-corrected chi connectivity index (χ3v) is 4.46. The lowest BCUT2D eigenvalue weighted by molar-refractivity contribution is 0.602. The van der Waals surface area contributed by atoms with Crippen molar-refractivity contribution in [2.75, 3.05) is 6.26 Å². The van der Waals surface area contributed by atoms with Gasteiger partial charge in [0.1, 0.15) is 11.8 Å². The van der Waals surface area contributed by atoms with Crippen LogP contribution in [0.5, 0.6) is 0 Å². The molecule has 0 fully saturated rings. The van der Waals surface area contributed by atoms with E-state index in [2.05, 4.69) is 4.98 Å². The molecule has 4 nitrogen and oxygen atoms in total. The van der Waals surface area contributed by atoms with E-state index in [1.165, 1.54) is 18.0 Å². The van der Waals surface area contributed by atoms with Crippen LogP contribution in [0.4, 0.5) is 0 Å². The average molecular weight is 290 g/mol. The minimum Gasteiger partial charge on any atom is -0.245 e. The maximum absolute atomic E-state index is 11.3. The summed E-state index contributed by atoms with van der Waals surface area (Å²) in [5.41, 5.74) is 0.359. The smallest absolute Gasteiger partial charge is 0.175 e. The Morgan fingerprint density at radius 2 is 1.84 bits per heavy atom. The molecule has 0 aliphatic carbocycles. The van der Waals surface area contributed by atoms with Gasteiger partial charge in [0.25, 0.3) is 0 Å². The molecule has 96 valence electrons. The molecule has 0 aliphatic heterocycles. The summed E-state index contributed by atoms with van der Waals surface area (Å²) in [4.78, 5) is 5.98. The molecule has 0 radical (unpaired) electrons. The Bertz CT molecular complexity index is 732. The highest BCUT2D eigenvalue weighted by molar-refractivity contribution is 7.99. The predicted octanol–water partition coefficient (Wildman–Crippen LogP) is 2.51. The third kappa shape index (κ3) is 3.56. The van der Waals surface area contributed by atoms with Crippen LogP contribution in [0.25, 0.3) is 0 Å². The van der Waals surface area contributed by atoms with E-state index in [4.69, 9.17) is 5.26 Å². The van der Waals surface area contributed by atoms with Crippen LogP contribution >= 0.6 is 11.8 Å². The van der Waals surface area contributed by atoms with Crippen LogP contribution < -0.4 is 0 Å². The lowest BCUT2D eigenvalue weighted by atomic mass is 10.4. The Balaban J connectivity index is 2.22. The van der Waals surface area contributed by atoms with Gasteiger partial charge in [-0.25, -0.2) is 13.4 Å². The fraction of sp³-hybridized carbons (Fsp3) is 0.0769. The molecule has 0 spiro atoms. The lowest BCUT2D eigenvalue weighted by Gasteiger charge is -2.03. The van der Waals surface area contributed by atoms with Crippen molar-refractivity contribution in [3.05, 3.63) is 48.3 Å². The molecule has 2 rings (SSSR count). The van der Waals surface area contributed by atoms with Crippen molar-refractivity contribution in [2.45, 2.75) is 14.7 Å². The van der Waals surface area contributed by atoms with Crippen molar-refractivity contribution in [3.63, 3.8) is 0 Å². The minimum absolute atomic E-state index is 0.296. The number of benzene rings is 1. The van der Waals surface area contributed by atoms with Gasteiger partial charge in [-0.1, -0.05) is 11.8 Å². The van der Waals surface area contributed by atoms with E-state index >= 15 is 0 Å². The van der Waals surface area contributed by atoms with Crippen molar-refractivity contribution in [1.29, 1.82) is 5.26 Å². The van der Waals surface area contributed by atoms with Gasteiger partial charge in [-0.3, -0.25) is 0 Å².